The smallest absolute Gasteiger partial charge is 0.120 e. The lowest BCUT2D eigenvalue weighted by molar-refractivity contribution is 0.348. The zero-order valence-electron chi connectivity index (χ0n) is 10.5. The molecule has 0 radical (unpaired) electrons. The minimum atomic E-state index is 0.146. The largest absolute Gasteiger partial charge is 0.489 e. The SMILES string of the molecule is C=C(CC)COc1ccc(Br)c(CC(C)N)c1. The molecule has 0 aliphatic heterocycles. The molecule has 0 aromatic heterocycles. The second-order valence-electron chi connectivity index (χ2n) is 4.33. The van der Waals surface area contributed by atoms with Crippen molar-refractivity contribution in [1.82, 2.24) is 0 Å². The normalized spacial score (nSPS) is 12.2. The maximum Gasteiger partial charge on any atom is 0.120 e. The van der Waals surface area contributed by atoms with Crippen LogP contribution in [-0.2, 0) is 6.42 Å². The van der Waals surface area contributed by atoms with Gasteiger partial charge in [-0.1, -0.05) is 29.4 Å². The van der Waals surface area contributed by atoms with Crippen LogP contribution < -0.4 is 10.5 Å². The van der Waals surface area contributed by atoms with E-state index in [1.807, 2.05) is 25.1 Å². The Morgan fingerprint density at radius 3 is 2.82 bits per heavy atom. The summed E-state index contributed by atoms with van der Waals surface area (Å²) in [6.45, 7) is 8.58. The summed E-state index contributed by atoms with van der Waals surface area (Å²) in [5.74, 6) is 0.874. The first kappa shape index (κ1) is 14.3. The number of ether oxygens (including phenoxy) is 1. The van der Waals surface area contributed by atoms with Crippen molar-refractivity contribution in [2.45, 2.75) is 32.7 Å². The van der Waals surface area contributed by atoms with Gasteiger partial charge in [-0.2, -0.15) is 0 Å². The van der Waals surface area contributed by atoms with Gasteiger partial charge in [-0.15, -0.1) is 0 Å². The number of halogens is 1. The molecule has 0 spiro atoms. The number of hydrogen-bond donors (Lipinski definition) is 1. The van der Waals surface area contributed by atoms with E-state index in [4.69, 9.17) is 10.5 Å². The third kappa shape index (κ3) is 4.92. The molecule has 3 heteroatoms. The summed E-state index contributed by atoms with van der Waals surface area (Å²) in [5, 5.41) is 0. The van der Waals surface area contributed by atoms with Gasteiger partial charge in [0, 0.05) is 10.5 Å². The fourth-order valence-corrected chi connectivity index (χ4v) is 1.84. The molecule has 0 bridgehead atoms. The Morgan fingerprint density at radius 1 is 1.53 bits per heavy atom. The average Bonchev–Trinajstić information content (AvgIpc) is 2.29. The van der Waals surface area contributed by atoms with E-state index >= 15 is 0 Å². The van der Waals surface area contributed by atoms with Gasteiger partial charge in [0.1, 0.15) is 12.4 Å². The van der Waals surface area contributed by atoms with Crippen LogP contribution in [0.5, 0.6) is 5.75 Å². The topological polar surface area (TPSA) is 35.2 Å². The molecule has 0 aliphatic carbocycles. The van der Waals surface area contributed by atoms with Gasteiger partial charge in [-0.25, -0.2) is 0 Å². The molecule has 0 aliphatic rings. The summed E-state index contributed by atoms with van der Waals surface area (Å²) < 4.78 is 6.75. The van der Waals surface area contributed by atoms with E-state index in [0.717, 1.165) is 28.6 Å². The van der Waals surface area contributed by atoms with E-state index in [9.17, 15) is 0 Å². The highest BCUT2D eigenvalue weighted by Gasteiger charge is 2.05. The molecule has 1 atom stereocenters. The van der Waals surface area contributed by atoms with E-state index in [2.05, 4.69) is 29.4 Å². The van der Waals surface area contributed by atoms with Gasteiger partial charge in [0.2, 0.25) is 0 Å². The summed E-state index contributed by atoms with van der Waals surface area (Å²) in [6, 6.07) is 6.14. The number of rotatable bonds is 6. The van der Waals surface area contributed by atoms with Gasteiger partial charge in [-0.05, 0) is 49.1 Å². The lowest BCUT2D eigenvalue weighted by atomic mass is 10.1. The first-order chi connectivity index (χ1) is 8.02. The van der Waals surface area contributed by atoms with Crippen molar-refractivity contribution in [1.29, 1.82) is 0 Å². The first-order valence-corrected chi connectivity index (χ1v) is 6.65. The highest BCUT2D eigenvalue weighted by Crippen LogP contribution is 2.24. The third-order valence-corrected chi connectivity index (χ3v) is 3.28. The monoisotopic (exact) mass is 297 g/mol. The van der Waals surface area contributed by atoms with Crippen LogP contribution in [0.15, 0.2) is 34.8 Å². The average molecular weight is 298 g/mol. The Morgan fingerprint density at radius 2 is 2.24 bits per heavy atom. The second kappa shape index (κ2) is 6.82. The molecule has 94 valence electrons. The van der Waals surface area contributed by atoms with Crippen LogP contribution in [0.1, 0.15) is 25.8 Å². The van der Waals surface area contributed by atoms with E-state index in [1.54, 1.807) is 0 Å². The molecule has 0 amide bonds. The Labute approximate surface area is 112 Å². The standard InChI is InChI=1S/C14H20BrNO/c1-4-10(2)9-17-13-5-6-14(15)12(8-13)7-11(3)16/h5-6,8,11H,2,4,7,9,16H2,1,3H3. The molecule has 1 aromatic carbocycles. The van der Waals surface area contributed by atoms with Crippen LogP contribution in [0.25, 0.3) is 0 Å². The molecule has 2 N–H and O–H groups in total. The van der Waals surface area contributed by atoms with Crippen LogP contribution in [-0.4, -0.2) is 12.6 Å². The van der Waals surface area contributed by atoms with Crippen LogP contribution in [0.2, 0.25) is 0 Å². The van der Waals surface area contributed by atoms with Crippen molar-refractivity contribution < 1.29 is 4.74 Å². The predicted octanol–water partition coefficient (Wildman–Crippen LogP) is 3.68. The van der Waals surface area contributed by atoms with Gasteiger partial charge < -0.3 is 10.5 Å². The quantitative estimate of drug-likeness (QED) is 0.813. The van der Waals surface area contributed by atoms with Gasteiger partial charge >= 0.3 is 0 Å². The highest BCUT2D eigenvalue weighted by molar-refractivity contribution is 9.10. The van der Waals surface area contributed by atoms with Crippen molar-refractivity contribution in [3.63, 3.8) is 0 Å². The van der Waals surface area contributed by atoms with Gasteiger partial charge in [0.15, 0.2) is 0 Å². The third-order valence-electron chi connectivity index (χ3n) is 2.50. The molecule has 1 unspecified atom stereocenters. The lowest BCUT2D eigenvalue weighted by Crippen LogP contribution is -2.18. The van der Waals surface area contributed by atoms with Gasteiger partial charge in [-0.3, -0.25) is 0 Å². The molecule has 0 saturated heterocycles. The minimum absolute atomic E-state index is 0.146. The van der Waals surface area contributed by atoms with Crippen LogP contribution in [0, 0.1) is 0 Å². The molecule has 1 aromatic rings. The summed E-state index contributed by atoms with van der Waals surface area (Å²) in [6.07, 6.45) is 1.79. The zero-order valence-corrected chi connectivity index (χ0v) is 12.1. The van der Waals surface area contributed by atoms with Crippen LogP contribution in [0.3, 0.4) is 0 Å². The summed E-state index contributed by atoms with van der Waals surface area (Å²) in [7, 11) is 0. The fraction of sp³-hybridized carbons (Fsp3) is 0.429. The maximum absolute atomic E-state index is 5.81. The van der Waals surface area contributed by atoms with Crippen molar-refractivity contribution in [2.24, 2.45) is 5.73 Å². The number of nitrogens with two attached hydrogens (primary N) is 1. The van der Waals surface area contributed by atoms with E-state index in [-0.39, 0.29) is 6.04 Å². The molecule has 0 fully saturated rings. The van der Waals surface area contributed by atoms with Gasteiger partial charge in [0.05, 0.1) is 0 Å². The van der Waals surface area contributed by atoms with Crippen molar-refractivity contribution in [3.05, 3.63) is 40.4 Å². The summed E-state index contributed by atoms with van der Waals surface area (Å²) in [4.78, 5) is 0. The van der Waals surface area contributed by atoms with Crippen molar-refractivity contribution in [2.75, 3.05) is 6.61 Å². The Bertz CT molecular complexity index is 388. The predicted molar refractivity (Wildman–Crippen MR) is 76.4 cm³/mol. The van der Waals surface area contributed by atoms with Gasteiger partial charge in [0.25, 0.3) is 0 Å². The molecule has 17 heavy (non-hydrogen) atoms. The minimum Gasteiger partial charge on any atom is -0.489 e. The molecule has 2 nitrogen and oxygen atoms in total. The Kier molecular flexibility index (Phi) is 5.72. The molecule has 0 heterocycles. The molecular formula is C14H20BrNO. The van der Waals surface area contributed by atoms with E-state index in [1.165, 1.54) is 5.56 Å². The Hall–Kier alpha value is -0.800. The van der Waals surface area contributed by atoms with E-state index in [0.29, 0.717) is 6.61 Å². The van der Waals surface area contributed by atoms with Crippen molar-refractivity contribution >= 4 is 15.9 Å². The summed E-state index contributed by atoms with van der Waals surface area (Å²) in [5.41, 5.74) is 8.09. The van der Waals surface area contributed by atoms with Crippen LogP contribution >= 0.6 is 15.9 Å². The fourth-order valence-electron chi connectivity index (χ4n) is 1.43. The van der Waals surface area contributed by atoms with Crippen molar-refractivity contribution in [3.8, 4) is 5.75 Å². The van der Waals surface area contributed by atoms with Crippen LogP contribution in [0.4, 0.5) is 0 Å². The zero-order chi connectivity index (χ0) is 12.8. The number of hydrogen-bond acceptors (Lipinski definition) is 2. The maximum atomic E-state index is 5.81. The summed E-state index contributed by atoms with van der Waals surface area (Å²) >= 11 is 3.52. The molecular weight excluding hydrogens is 278 g/mol. The van der Waals surface area contributed by atoms with E-state index < -0.39 is 0 Å². The Balaban J connectivity index is 2.71. The number of benzene rings is 1. The first-order valence-electron chi connectivity index (χ1n) is 5.86. The lowest BCUT2D eigenvalue weighted by Gasteiger charge is -2.12. The second-order valence-corrected chi connectivity index (χ2v) is 5.18. The highest BCUT2D eigenvalue weighted by atomic mass is 79.9. The molecule has 0 saturated carbocycles. The molecule has 1 rings (SSSR count).